The van der Waals surface area contributed by atoms with Gasteiger partial charge in [0.1, 0.15) is 5.75 Å². The van der Waals surface area contributed by atoms with Gasteiger partial charge in [0.2, 0.25) is 5.91 Å². The molecule has 0 fully saturated rings. The summed E-state index contributed by atoms with van der Waals surface area (Å²) in [5.74, 6) is 0.266. The fourth-order valence-corrected chi connectivity index (χ4v) is 2.29. The van der Waals surface area contributed by atoms with Gasteiger partial charge in [0.05, 0.1) is 25.3 Å². The molecule has 0 heterocycles. The number of ether oxygens (including phenoxy) is 2. The lowest BCUT2D eigenvalue weighted by molar-refractivity contribution is -0.115. The first kappa shape index (κ1) is 19.5. The van der Waals surface area contributed by atoms with Crippen LogP contribution in [0.3, 0.4) is 0 Å². The quantitative estimate of drug-likeness (QED) is 0.711. The normalized spacial score (nSPS) is 10.5. The molecule has 0 aliphatic heterocycles. The third-order valence-corrected chi connectivity index (χ3v) is 3.50. The number of carbonyl (C=O) groups excluding carboxylic acids is 2. The molecular formula is C20H24N2O4. The van der Waals surface area contributed by atoms with Gasteiger partial charge in [-0.05, 0) is 55.8 Å². The number of hydrogen-bond acceptors (Lipinski definition) is 5. The van der Waals surface area contributed by atoms with E-state index in [4.69, 9.17) is 4.74 Å². The average Bonchev–Trinajstić information content (AvgIpc) is 2.62. The zero-order valence-corrected chi connectivity index (χ0v) is 15.2. The summed E-state index contributed by atoms with van der Waals surface area (Å²) >= 11 is 0. The summed E-state index contributed by atoms with van der Waals surface area (Å²) in [5, 5.41) is 5.86. The maximum Gasteiger partial charge on any atom is 0.337 e. The molecular weight excluding hydrogens is 332 g/mol. The number of benzene rings is 2. The highest BCUT2D eigenvalue weighted by atomic mass is 16.5. The summed E-state index contributed by atoms with van der Waals surface area (Å²) in [7, 11) is 1.33. The highest BCUT2D eigenvalue weighted by molar-refractivity contribution is 5.93. The van der Waals surface area contributed by atoms with E-state index in [2.05, 4.69) is 15.4 Å². The van der Waals surface area contributed by atoms with Crippen molar-refractivity contribution < 1.29 is 19.1 Å². The predicted octanol–water partition coefficient (Wildman–Crippen LogP) is 2.99. The van der Waals surface area contributed by atoms with E-state index in [1.54, 1.807) is 24.3 Å². The molecule has 0 saturated heterocycles. The van der Waals surface area contributed by atoms with Gasteiger partial charge in [-0.1, -0.05) is 12.1 Å². The molecule has 26 heavy (non-hydrogen) atoms. The van der Waals surface area contributed by atoms with Crippen LogP contribution < -0.4 is 15.4 Å². The van der Waals surface area contributed by atoms with E-state index in [1.165, 1.54) is 7.11 Å². The Kier molecular flexibility index (Phi) is 7.17. The van der Waals surface area contributed by atoms with Crippen LogP contribution in [0.25, 0.3) is 0 Å². The maximum atomic E-state index is 12.0. The van der Waals surface area contributed by atoms with E-state index in [-0.39, 0.29) is 18.6 Å². The van der Waals surface area contributed by atoms with Gasteiger partial charge in [-0.3, -0.25) is 4.79 Å². The molecule has 0 aliphatic rings. The van der Waals surface area contributed by atoms with Crippen molar-refractivity contribution in [1.82, 2.24) is 5.32 Å². The van der Waals surface area contributed by atoms with Crippen LogP contribution in [0, 0.1) is 0 Å². The molecule has 0 atom stereocenters. The van der Waals surface area contributed by atoms with Crippen LogP contribution in [0.2, 0.25) is 0 Å². The minimum atomic E-state index is -0.408. The number of nitrogens with one attached hydrogen (secondary N) is 2. The Hall–Kier alpha value is -2.86. The van der Waals surface area contributed by atoms with Crippen LogP contribution in [0.5, 0.6) is 5.75 Å². The van der Waals surface area contributed by atoms with Gasteiger partial charge in [-0.2, -0.15) is 0 Å². The molecule has 0 aliphatic carbocycles. The number of amides is 1. The minimum absolute atomic E-state index is 0.143. The third kappa shape index (κ3) is 6.22. The molecule has 2 N–H and O–H groups in total. The first-order valence-electron chi connectivity index (χ1n) is 8.42. The Balaban J connectivity index is 1.75. The molecule has 0 spiro atoms. The molecule has 1 amide bonds. The van der Waals surface area contributed by atoms with Gasteiger partial charge in [-0.25, -0.2) is 4.79 Å². The minimum Gasteiger partial charge on any atom is -0.491 e. The van der Waals surface area contributed by atoms with E-state index in [1.807, 2.05) is 38.1 Å². The van der Waals surface area contributed by atoms with Crippen LogP contribution in [0.4, 0.5) is 5.69 Å². The van der Waals surface area contributed by atoms with Gasteiger partial charge >= 0.3 is 5.97 Å². The Morgan fingerprint density at radius 1 is 1.00 bits per heavy atom. The lowest BCUT2D eigenvalue weighted by atomic mass is 10.2. The molecule has 2 rings (SSSR count). The highest BCUT2D eigenvalue weighted by Crippen LogP contribution is 2.14. The number of rotatable bonds is 8. The van der Waals surface area contributed by atoms with E-state index < -0.39 is 5.97 Å². The van der Waals surface area contributed by atoms with Gasteiger partial charge in [0.25, 0.3) is 0 Å². The summed E-state index contributed by atoms with van der Waals surface area (Å²) in [6.07, 6.45) is 0.143. The second-order valence-corrected chi connectivity index (χ2v) is 6.03. The lowest BCUT2D eigenvalue weighted by Crippen LogP contribution is -2.27. The molecule has 0 aromatic heterocycles. The first-order chi connectivity index (χ1) is 12.5. The topological polar surface area (TPSA) is 76.7 Å². The second-order valence-electron chi connectivity index (χ2n) is 6.03. The van der Waals surface area contributed by atoms with Crippen molar-refractivity contribution in [2.75, 3.05) is 19.0 Å². The van der Waals surface area contributed by atoms with Gasteiger partial charge in [-0.15, -0.1) is 0 Å². The van der Waals surface area contributed by atoms with Gasteiger partial charge < -0.3 is 20.1 Å². The van der Waals surface area contributed by atoms with Gasteiger partial charge in [0, 0.05) is 12.2 Å². The van der Waals surface area contributed by atoms with Crippen molar-refractivity contribution in [1.29, 1.82) is 0 Å². The molecule has 138 valence electrons. The summed E-state index contributed by atoms with van der Waals surface area (Å²) < 4.78 is 10.2. The Bertz CT molecular complexity index is 724. The fraction of sp³-hybridized carbons (Fsp3) is 0.300. The molecule has 6 heteroatoms. The lowest BCUT2D eigenvalue weighted by Gasteiger charge is -2.10. The smallest absolute Gasteiger partial charge is 0.337 e. The molecule has 0 saturated carbocycles. The van der Waals surface area contributed by atoms with Gasteiger partial charge in [0.15, 0.2) is 0 Å². The van der Waals surface area contributed by atoms with Crippen LogP contribution in [-0.4, -0.2) is 31.6 Å². The molecule has 2 aromatic carbocycles. The van der Waals surface area contributed by atoms with Crippen molar-refractivity contribution in [2.45, 2.75) is 26.5 Å². The Labute approximate surface area is 153 Å². The predicted molar refractivity (Wildman–Crippen MR) is 100 cm³/mol. The molecule has 6 nitrogen and oxygen atoms in total. The van der Waals surface area contributed by atoms with Crippen LogP contribution >= 0.6 is 0 Å². The Morgan fingerprint density at radius 3 is 2.23 bits per heavy atom. The Morgan fingerprint density at radius 2 is 1.65 bits per heavy atom. The SMILES string of the molecule is COC(=O)c1ccc(NC(=O)CNCc2ccc(OC(C)C)cc2)cc1. The molecule has 2 aromatic rings. The largest absolute Gasteiger partial charge is 0.491 e. The van der Waals surface area contributed by atoms with Crippen molar-refractivity contribution in [3.63, 3.8) is 0 Å². The van der Waals surface area contributed by atoms with E-state index in [9.17, 15) is 9.59 Å². The molecule has 0 bridgehead atoms. The summed E-state index contributed by atoms with van der Waals surface area (Å²) in [4.78, 5) is 23.3. The number of methoxy groups -OCH3 is 1. The standard InChI is InChI=1S/C20H24N2O4/c1-14(2)26-18-10-4-15(5-11-18)12-21-13-19(23)22-17-8-6-16(7-9-17)20(24)25-3/h4-11,14,21H,12-13H2,1-3H3,(H,22,23). The van der Waals surface area contributed by atoms with Crippen molar-refractivity contribution in [3.8, 4) is 5.75 Å². The molecule has 0 radical (unpaired) electrons. The fourth-order valence-electron chi connectivity index (χ4n) is 2.29. The molecule has 0 unspecified atom stereocenters. The maximum absolute atomic E-state index is 12.0. The van der Waals surface area contributed by atoms with E-state index in [0.717, 1.165) is 11.3 Å². The van der Waals surface area contributed by atoms with E-state index >= 15 is 0 Å². The van der Waals surface area contributed by atoms with Crippen molar-refractivity contribution in [2.24, 2.45) is 0 Å². The average molecular weight is 356 g/mol. The monoisotopic (exact) mass is 356 g/mol. The summed E-state index contributed by atoms with van der Waals surface area (Å²) in [5.41, 5.74) is 2.13. The van der Waals surface area contributed by atoms with E-state index in [0.29, 0.717) is 17.8 Å². The number of hydrogen-bond donors (Lipinski definition) is 2. The number of esters is 1. The number of anilines is 1. The highest BCUT2D eigenvalue weighted by Gasteiger charge is 2.06. The zero-order chi connectivity index (χ0) is 18.9. The summed E-state index contributed by atoms with van der Waals surface area (Å²) in [6, 6.07) is 14.3. The van der Waals surface area contributed by atoms with Crippen molar-refractivity contribution in [3.05, 3.63) is 59.7 Å². The van der Waals surface area contributed by atoms with Crippen molar-refractivity contribution >= 4 is 17.6 Å². The second kappa shape index (κ2) is 9.58. The zero-order valence-electron chi connectivity index (χ0n) is 15.2. The van der Waals surface area contributed by atoms with Crippen LogP contribution in [0.15, 0.2) is 48.5 Å². The third-order valence-electron chi connectivity index (χ3n) is 3.50. The van der Waals surface area contributed by atoms with Crippen LogP contribution in [0.1, 0.15) is 29.8 Å². The van der Waals surface area contributed by atoms with Crippen LogP contribution in [-0.2, 0) is 16.1 Å². The first-order valence-corrected chi connectivity index (χ1v) is 8.42. The number of carbonyl (C=O) groups is 2. The summed E-state index contributed by atoms with van der Waals surface area (Å²) in [6.45, 7) is 4.73.